The second-order valence-corrected chi connectivity index (χ2v) is 2.25. The van der Waals surface area contributed by atoms with E-state index in [1.54, 1.807) is 6.92 Å². The third-order valence-corrected chi connectivity index (χ3v) is 1.34. The predicted octanol–water partition coefficient (Wildman–Crippen LogP) is -0.385. The van der Waals surface area contributed by atoms with Crippen molar-refractivity contribution in [1.82, 2.24) is 0 Å². The summed E-state index contributed by atoms with van der Waals surface area (Å²) in [5.74, 6) is -2.14. The molecular formula is C7H12N2O6. The molecule has 0 rings (SSSR count). The van der Waals surface area contributed by atoms with Crippen molar-refractivity contribution >= 4 is 11.9 Å². The maximum Gasteiger partial charge on any atom is 0.391 e. The van der Waals surface area contributed by atoms with Gasteiger partial charge in [0, 0.05) is 0 Å². The first kappa shape index (κ1) is 13.1. The van der Waals surface area contributed by atoms with E-state index in [1.165, 1.54) is 0 Å². The fourth-order valence-corrected chi connectivity index (χ4v) is 0.662. The molecule has 86 valence electrons. The van der Waals surface area contributed by atoms with Crippen LogP contribution in [0.25, 0.3) is 0 Å². The summed E-state index contributed by atoms with van der Waals surface area (Å²) in [7, 11) is 2.07. The van der Waals surface area contributed by atoms with Crippen molar-refractivity contribution < 1.29 is 28.8 Å². The third kappa shape index (κ3) is 3.79. The highest BCUT2D eigenvalue weighted by atomic mass is 16.7. The predicted molar refractivity (Wildman–Crippen MR) is 45.5 cm³/mol. The van der Waals surface area contributed by atoms with Crippen LogP contribution in [-0.2, 0) is 23.9 Å². The lowest BCUT2D eigenvalue weighted by atomic mass is 10.3. The summed E-state index contributed by atoms with van der Waals surface area (Å²) in [6.07, 6.45) is 0. The number of ether oxygens (including phenoxy) is 2. The number of methoxy groups -OCH3 is 2. The molecule has 0 radical (unpaired) electrons. The van der Waals surface area contributed by atoms with Gasteiger partial charge < -0.3 is 19.5 Å². The Kier molecular flexibility index (Phi) is 5.76. The molecular weight excluding hydrogens is 208 g/mol. The molecule has 0 fully saturated rings. The van der Waals surface area contributed by atoms with Gasteiger partial charge in [-0.25, -0.2) is 9.59 Å². The summed E-state index contributed by atoms with van der Waals surface area (Å²) in [6, 6.07) is -1.80. The van der Waals surface area contributed by atoms with Gasteiger partial charge in [0.25, 0.3) is 0 Å². The van der Waals surface area contributed by atoms with Gasteiger partial charge in [-0.15, -0.1) is 0 Å². The molecule has 0 aliphatic heterocycles. The Bertz CT molecular complexity index is 248. The van der Waals surface area contributed by atoms with Crippen molar-refractivity contribution in [2.45, 2.75) is 13.0 Å². The topological polar surface area (TPSA) is 100 Å². The van der Waals surface area contributed by atoms with Crippen molar-refractivity contribution in [2.75, 3.05) is 20.8 Å². The normalized spacial score (nSPS) is 11.1. The van der Waals surface area contributed by atoms with Crippen LogP contribution in [0.5, 0.6) is 0 Å². The van der Waals surface area contributed by atoms with E-state index in [0.717, 1.165) is 14.2 Å². The number of hydrogen-bond acceptors (Lipinski definition) is 7. The molecule has 0 aromatic heterocycles. The van der Waals surface area contributed by atoms with Gasteiger partial charge in [-0.3, -0.25) is 0 Å². The zero-order valence-electron chi connectivity index (χ0n) is 8.63. The van der Waals surface area contributed by atoms with Gasteiger partial charge in [-0.2, -0.15) is 0 Å². The summed E-state index contributed by atoms with van der Waals surface area (Å²) >= 11 is 0. The number of carbonyl (C=O) groups is 2. The van der Waals surface area contributed by atoms with Crippen LogP contribution in [0.3, 0.4) is 0 Å². The van der Waals surface area contributed by atoms with Crippen molar-refractivity contribution in [2.24, 2.45) is 5.28 Å². The van der Waals surface area contributed by atoms with Gasteiger partial charge >= 0.3 is 18.0 Å². The molecule has 0 saturated carbocycles. The van der Waals surface area contributed by atoms with E-state index >= 15 is 0 Å². The molecule has 0 spiro atoms. The second-order valence-electron chi connectivity index (χ2n) is 2.25. The van der Waals surface area contributed by atoms with Crippen LogP contribution in [-0.4, -0.2) is 43.7 Å². The first-order chi connectivity index (χ1) is 7.08. The summed E-state index contributed by atoms with van der Waals surface area (Å²) in [6.45, 7) is 1.72. The molecule has 0 unspecified atom stereocenters. The molecule has 0 aliphatic carbocycles. The Labute approximate surface area is 86.0 Å². The first-order valence-corrected chi connectivity index (χ1v) is 4.03. The van der Waals surface area contributed by atoms with Crippen molar-refractivity contribution in [3.8, 4) is 0 Å². The average molecular weight is 220 g/mol. The molecule has 0 atom stereocenters. The van der Waals surface area contributed by atoms with Crippen LogP contribution in [0.2, 0.25) is 0 Å². The SMILES string of the molecule is CCON=[N+]([O-])C(C(=O)OC)C(=O)OC. The zero-order valence-corrected chi connectivity index (χ0v) is 8.63. The Morgan fingerprint density at radius 1 is 1.33 bits per heavy atom. The maximum absolute atomic E-state index is 11.1. The maximum atomic E-state index is 11.1. The van der Waals surface area contributed by atoms with E-state index in [0.29, 0.717) is 0 Å². The summed E-state index contributed by atoms with van der Waals surface area (Å²) in [5, 5.41) is 14.1. The average Bonchev–Trinajstić information content (AvgIpc) is 2.25. The first-order valence-electron chi connectivity index (χ1n) is 4.03. The van der Waals surface area contributed by atoms with E-state index in [-0.39, 0.29) is 11.5 Å². The monoisotopic (exact) mass is 220 g/mol. The molecule has 0 saturated heterocycles. The van der Waals surface area contributed by atoms with E-state index in [2.05, 4.69) is 19.6 Å². The molecule has 0 aromatic carbocycles. The molecule has 0 bridgehead atoms. The van der Waals surface area contributed by atoms with Crippen molar-refractivity contribution in [1.29, 1.82) is 0 Å². The molecule has 15 heavy (non-hydrogen) atoms. The molecule has 0 heterocycles. The van der Waals surface area contributed by atoms with E-state index < -0.39 is 18.0 Å². The Balaban J connectivity index is 4.77. The number of hydrogen-bond donors (Lipinski definition) is 0. The Hall–Kier alpha value is -1.86. The number of rotatable bonds is 5. The van der Waals surface area contributed by atoms with Crippen LogP contribution < -0.4 is 0 Å². The number of carbonyl (C=O) groups excluding carboxylic acids is 2. The fraction of sp³-hybridized carbons (Fsp3) is 0.714. The van der Waals surface area contributed by atoms with Gasteiger partial charge in [-0.1, -0.05) is 0 Å². The van der Waals surface area contributed by atoms with Gasteiger partial charge in [0.05, 0.1) is 14.2 Å². The number of hydroxylamine groups is 1. The van der Waals surface area contributed by atoms with Crippen LogP contribution in [0.1, 0.15) is 6.92 Å². The lowest BCUT2D eigenvalue weighted by Crippen LogP contribution is -2.39. The van der Waals surface area contributed by atoms with Gasteiger partial charge in [0.15, 0.2) is 0 Å². The molecule has 8 nitrogen and oxygen atoms in total. The third-order valence-electron chi connectivity index (χ3n) is 1.34. The minimum Gasteiger partial charge on any atom is -0.596 e. The quantitative estimate of drug-likeness (QED) is 0.206. The van der Waals surface area contributed by atoms with Crippen LogP contribution in [0.4, 0.5) is 0 Å². The molecule has 8 heteroatoms. The van der Waals surface area contributed by atoms with Gasteiger partial charge in [0.2, 0.25) is 5.28 Å². The van der Waals surface area contributed by atoms with Crippen molar-refractivity contribution in [3.05, 3.63) is 5.21 Å². The van der Waals surface area contributed by atoms with Gasteiger partial charge in [-0.05, 0) is 11.8 Å². The summed E-state index contributed by atoms with van der Waals surface area (Å²) < 4.78 is 8.48. The summed E-state index contributed by atoms with van der Waals surface area (Å²) in [5.41, 5.74) is 0. The molecule has 0 aromatic rings. The minimum absolute atomic E-state index is 0.133. The standard InChI is InChI=1S/C7H12N2O6/c1-4-15-8-9(12)5(6(10)13-2)7(11)14-3/h5H,4H2,1-3H3. The summed E-state index contributed by atoms with van der Waals surface area (Å²) in [4.78, 5) is 26.3. The number of nitrogens with zero attached hydrogens (tertiary/aromatic N) is 2. The van der Waals surface area contributed by atoms with Gasteiger partial charge in [0.1, 0.15) is 6.61 Å². The largest absolute Gasteiger partial charge is 0.596 e. The highest BCUT2D eigenvalue weighted by Gasteiger charge is 2.39. The fourth-order valence-electron chi connectivity index (χ4n) is 0.662. The van der Waals surface area contributed by atoms with E-state index in [9.17, 15) is 14.8 Å². The lowest BCUT2D eigenvalue weighted by molar-refractivity contribution is -0.572. The van der Waals surface area contributed by atoms with Crippen LogP contribution in [0.15, 0.2) is 5.28 Å². The van der Waals surface area contributed by atoms with Crippen LogP contribution >= 0.6 is 0 Å². The Morgan fingerprint density at radius 3 is 2.13 bits per heavy atom. The Morgan fingerprint density at radius 2 is 1.80 bits per heavy atom. The van der Waals surface area contributed by atoms with Crippen LogP contribution in [0, 0.1) is 5.21 Å². The zero-order chi connectivity index (χ0) is 11.8. The number of esters is 2. The lowest BCUT2D eigenvalue weighted by Gasteiger charge is -2.08. The van der Waals surface area contributed by atoms with Crippen molar-refractivity contribution in [3.63, 3.8) is 0 Å². The second kappa shape index (κ2) is 6.57. The molecule has 0 aliphatic rings. The smallest absolute Gasteiger partial charge is 0.391 e. The highest BCUT2D eigenvalue weighted by Crippen LogP contribution is 1.98. The molecule has 0 N–H and O–H groups in total. The minimum atomic E-state index is -1.80. The van der Waals surface area contributed by atoms with E-state index in [1.807, 2.05) is 0 Å². The molecule has 0 amide bonds. The highest BCUT2D eigenvalue weighted by molar-refractivity contribution is 5.97. The van der Waals surface area contributed by atoms with E-state index in [4.69, 9.17) is 0 Å².